The van der Waals surface area contributed by atoms with Gasteiger partial charge in [-0.15, -0.1) is 0 Å². The second kappa shape index (κ2) is 5.82. The second-order valence-corrected chi connectivity index (χ2v) is 5.22. The number of aromatic nitrogens is 1. The zero-order valence-electron chi connectivity index (χ0n) is 12.0. The quantitative estimate of drug-likeness (QED) is 0.785. The lowest BCUT2D eigenvalue weighted by Crippen LogP contribution is -2.22. The molecule has 2 aromatic carbocycles. The van der Waals surface area contributed by atoms with Gasteiger partial charge in [-0.1, -0.05) is 48.5 Å². The highest BCUT2D eigenvalue weighted by Gasteiger charge is 2.19. The van der Waals surface area contributed by atoms with Crippen molar-refractivity contribution in [1.29, 1.82) is 5.26 Å². The minimum absolute atomic E-state index is 0.263. The minimum atomic E-state index is -0.263. The Morgan fingerprint density at radius 2 is 1.81 bits per heavy atom. The third kappa shape index (κ3) is 2.67. The van der Waals surface area contributed by atoms with Gasteiger partial charge in [0.15, 0.2) is 0 Å². The number of hydrogen-bond donors (Lipinski definition) is 1. The van der Waals surface area contributed by atoms with Gasteiger partial charge in [-0.25, -0.2) is 0 Å². The topological polar surface area (TPSA) is 42.8 Å². The normalized spacial score (nSPS) is 12.4. The highest BCUT2D eigenvalue weighted by Crippen LogP contribution is 2.27. The Morgan fingerprint density at radius 3 is 2.57 bits per heavy atom. The standard InChI is InChI=1S/C18H17N3/c1-21(13-14-7-3-2-4-8-14)18(11-19)16-12-20-17-10-6-5-9-15(16)17/h2-10,12,18,20H,13H2,1H3/t18-/m0/s1. The van der Waals surface area contributed by atoms with Gasteiger partial charge in [-0.2, -0.15) is 5.26 Å². The Hall–Kier alpha value is -2.57. The van der Waals surface area contributed by atoms with Gasteiger partial charge in [0.2, 0.25) is 0 Å². The summed E-state index contributed by atoms with van der Waals surface area (Å²) in [5.41, 5.74) is 3.31. The molecule has 0 aliphatic rings. The Kier molecular flexibility index (Phi) is 3.72. The summed E-state index contributed by atoms with van der Waals surface area (Å²) in [6.07, 6.45) is 1.94. The molecule has 1 aromatic heterocycles. The maximum atomic E-state index is 9.60. The number of para-hydroxylation sites is 1. The molecule has 0 fully saturated rings. The van der Waals surface area contributed by atoms with E-state index in [1.165, 1.54) is 5.56 Å². The van der Waals surface area contributed by atoms with E-state index in [9.17, 15) is 5.26 Å². The smallest absolute Gasteiger partial charge is 0.125 e. The number of nitrogens with one attached hydrogen (secondary N) is 1. The molecule has 1 heterocycles. The van der Waals surface area contributed by atoms with E-state index in [-0.39, 0.29) is 6.04 Å². The molecule has 0 aliphatic carbocycles. The van der Waals surface area contributed by atoms with Crippen molar-refractivity contribution in [3.05, 3.63) is 71.9 Å². The van der Waals surface area contributed by atoms with Crippen LogP contribution in [0.3, 0.4) is 0 Å². The number of nitrogens with zero attached hydrogens (tertiary/aromatic N) is 2. The average Bonchev–Trinajstić information content (AvgIpc) is 2.93. The van der Waals surface area contributed by atoms with Crippen molar-refractivity contribution < 1.29 is 0 Å². The summed E-state index contributed by atoms with van der Waals surface area (Å²) < 4.78 is 0. The van der Waals surface area contributed by atoms with Crippen LogP contribution in [0.15, 0.2) is 60.8 Å². The van der Waals surface area contributed by atoms with Crippen molar-refractivity contribution in [2.75, 3.05) is 7.05 Å². The first kappa shape index (κ1) is 13.4. The molecule has 0 bridgehead atoms. The molecule has 104 valence electrons. The van der Waals surface area contributed by atoms with Crippen LogP contribution in [0.2, 0.25) is 0 Å². The molecule has 0 aliphatic heterocycles. The maximum Gasteiger partial charge on any atom is 0.125 e. The maximum absolute atomic E-state index is 9.60. The fraction of sp³-hybridized carbons (Fsp3) is 0.167. The van der Waals surface area contributed by atoms with Crippen LogP contribution in [-0.2, 0) is 6.54 Å². The van der Waals surface area contributed by atoms with E-state index in [2.05, 4.69) is 34.2 Å². The molecule has 3 rings (SSSR count). The molecule has 0 saturated heterocycles. The molecule has 0 amide bonds. The fourth-order valence-corrected chi connectivity index (χ4v) is 2.69. The number of H-pyrrole nitrogens is 1. The summed E-state index contributed by atoms with van der Waals surface area (Å²) in [4.78, 5) is 5.32. The van der Waals surface area contributed by atoms with Crippen LogP contribution in [0, 0.1) is 11.3 Å². The third-order valence-corrected chi connectivity index (χ3v) is 3.75. The van der Waals surface area contributed by atoms with Crippen molar-refractivity contribution >= 4 is 10.9 Å². The van der Waals surface area contributed by atoms with Crippen LogP contribution in [0.4, 0.5) is 0 Å². The molecular weight excluding hydrogens is 258 g/mol. The molecule has 1 atom stereocenters. The summed E-state index contributed by atoms with van der Waals surface area (Å²) in [7, 11) is 1.99. The van der Waals surface area contributed by atoms with Crippen molar-refractivity contribution in [2.45, 2.75) is 12.6 Å². The van der Waals surface area contributed by atoms with Gasteiger partial charge in [0, 0.05) is 29.2 Å². The Bertz CT molecular complexity index is 768. The molecule has 0 saturated carbocycles. The third-order valence-electron chi connectivity index (χ3n) is 3.75. The summed E-state index contributed by atoms with van der Waals surface area (Å²) in [5.74, 6) is 0. The zero-order valence-corrected chi connectivity index (χ0v) is 12.0. The van der Waals surface area contributed by atoms with E-state index < -0.39 is 0 Å². The molecule has 3 nitrogen and oxygen atoms in total. The lowest BCUT2D eigenvalue weighted by molar-refractivity contribution is 0.284. The van der Waals surface area contributed by atoms with Crippen molar-refractivity contribution in [2.24, 2.45) is 0 Å². The van der Waals surface area contributed by atoms with E-state index >= 15 is 0 Å². The van der Waals surface area contributed by atoms with Gasteiger partial charge in [0.05, 0.1) is 6.07 Å². The molecule has 21 heavy (non-hydrogen) atoms. The lowest BCUT2D eigenvalue weighted by atomic mass is 10.1. The predicted octanol–water partition coefficient (Wildman–Crippen LogP) is 3.86. The molecular formula is C18H17N3. The first-order valence-corrected chi connectivity index (χ1v) is 6.99. The van der Waals surface area contributed by atoms with Crippen molar-refractivity contribution in [1.82, 2.24) is 9.88 Å². The Morgan fingerprint density at radius 1 is 1.10 bits per heavy atom. The molecule has 0 radical (unpaired) electrons. The van der Waals surface area contributed by atoms with Gasteiger partial charge in [0.25, 0.3) is 0 Å². The monoisotopic (exact) mass is 275 g/mol. The molecule has 0 unspecified atom stereocenters. The van der Waals surface area contributed by atoms with Gasteiger partial charge in [0.1, 0.15) is 6.04 Å². The zero-order chi connectivity index (χ0) is 14.7. The Balaban J connectivity index is 1.90. The van der Waals surface area contributed by atoms with E-state index in [0.717, 1.165) is 23.0 Å². The van der Waals surface area contributed by atoms with E-state index in [1.54, 1.807) is 0 Å². The second-order valence-electron chi connectivity index (χ2n) is 5.22. The first-order chi connectivity index (χ1) is 10.3. The molecule has 1 N–H and O–H groups in total. The van der Waals surface area contributed by atoms with Crippen molar-refractivity contribution in [3.63, 3.8) is 0 Å². The molecule has 0 spiro atoms. The van der Waals surface area contributed by atoms with Crippen LogP contribution >= 0.6 is 0 Å². The van der Waals surface area contributed by atoms with Crippen LogP contribution in [0.1, 0.15) is 17.2 Å². The number of nitriles is 1. The molecule has 3 aromatic rings. The van der Waals surface area contributed by atoms with Crippen molar-refractivity contribution in [3.8, 4) is 6.07 Å². The van der Waals surface area contributed by atoms with E-state index in [1.807, 2.05) is 49.6 Å². The summed E-state index contributed by atoms with van der Waals surface area (Å²) in [6, 6.07) is 20.5. The van der Waals surface area contributed by atoms with Gasteiger partial charge < -0.3 is 4.98 Å². The number of fused-ring (bicyclic) bond motifs is 1. The number of hydrogen-bond acceptors (Lipinski definition) is 2. The number of rotatable bonds is 4. The average molecular weight is 275 g/mol. The highest BCUT2D eigenvalue weighted by molar-refractivity contribution is 5.83. The van der Waals surface area contributed by atoms with Crippen LogP contribution < -0.4 is 0 Å². The summed E-state index contributed by atoms with van der Waals surface area (Å²) >= 11 is 0. The Labute approximate surface area is 124 Å². The molecule has 3 heteroatoms. The van der Waals surface area contributed by atoms with Crippen LogP contribution in [0.25, 0.3) is 10.9 Å². The summed E-state index contributed by atoms with van der Waals surface area (Å²) in [6.45, 7) is 0.749. The lowest BCUT2D eigenvalue weighted by Gasteiger charge is -2.22. The highest BCUT2D eigenvalue weighted by atomic mass is 15.1. The minimum Gasteiger partial charge on any atom is -0.361 e. The first-order valence-electron chi connectivity index (χ1n) is 6.99. The number of aromatic amines is 1. The predicted molar refractivity (Wildman–Crippen MR) is 84.6 cm³/mol. The van der Waals surface area contributed by atoms with E-state index in [4.69, 9.17) is 0 Å². The fourth-order valence-electron chi connectivity index (χ4n) is 2.69. The largest absolute Gasteiger partial charge is 0.361 e. The van der Waals surface area contributed by atoms with Crippen LogP contribution in [0.5, 0.6) is 0 Å². The SMILES string of the molecule is CN(Cc1ccccc1)[C@@H](C#N)c1c[nH]c2ccccc12. The summed E-state index contributed by atoms with van der Waals surface area (Å²) in [5, 5.41) is 10.7. The van der Waals surface area contributed by atoms with Gasteiger partial charge >= 0.3 is 0 Å². The van der Waals surface area contributed by atoms with E-state index in [0.29, 0.717) is 0 Å². The number of benzene rings is 2. The van der Waals surface area contributed by atoms with Gasteiger partial charge in [-0.05, 0) is 18.7 Å². The van der Waals surface area contributed by atoms with Crippen LogP contribution in [-0.4, -0.2) is 16.9 Å². The van der Waals surface area contributed by atoms with Gasteiger partial charge in [-0.3, -0.25) is 4.90 Å².